The van der Waals surface area contributed by atoms with E-state index in [1.54, 1.807) is 6.07 Å². The Hall–Kier alpha value is -2.29. The number of aromatic nitrogens is 1. The molecule has 0 fully saturated rings. The largest absolute Gasteiger partial charge is 0.494 e. The molecule has 0 aliphatic rings. The normalized spacial score (nSPS) is 10.9. The van der Waals surface area contributed by atoms with E-state index in [2.05, 4.69) is 10.6 Å². The molecule has 0 atom stereocenters. The van der Waals surface area contributed by atoms with E-state index in [-0.39, 0.29) is 5.82 Å². The maximum Gasteiger partial charge on any atom is 0.124 e. The Morgan fingerprint density at radius 3 is 2.80 bits per heavy atom. The van der Waals surface area contributed by atoms with Crippen LogP contribution in [0.1, 0.15) is 12.5 Å². The standard InChI is InChI=1S/C17H16FNO/c1-2-20-17-6-4-3-5-14(17)12-19-10-9-13-11-15(18)7-8-16(13)19/h3-11H,2,12H2,1H3. The minimum absolute atomic E-state index is 0.204. The predicted octanol–water partition coefficient (Wildman–Crippen LogP) is 4.23. The first-order valence-electron chi connectivity index (χ1n) is 6.73. The zero-order valence-corrected chi connectivity index (χ0v) is 11.3. The second-order valence-corrected chi connectivity index (χ2v) is 4.69. The van der Waals surface area contributed by atoms with Crippen LogP contribution in [0.25, 0.3) is 10.9 Å². The Labute approximate surface area is 117 Å². The SMILES string of the molecule is CCOc1ccccc1Cn1ccc2cc(F)ccc21. The van der Waals surface area contributed by atoms with Gasteiger partial charge in [-0.2, -0.15) is 0 Å². The lowest BCUT2D eigenvalue weighted by molar-refractivity contribution is 0.336. The Morgan fingerprint density at radius 2 is 1.95 bits per heavy atom. The molecule has 0 N–H and O–H groups in total. The van der Waals surface area contributed by atoms with Crippen LogP contribution in [0.2, 0.25) is 0 Å². The smallest absolute Gasteiger partial charge is 0.124 e. The Kier molecular flexibility index (Phi) is 3.42. The molecule has 0 unspecified atom stereocenters. The minimum Gasteiger partial charge on any atom is -0.494 e. The fourth-order valence-electron chi connectivity index (χ4n) is 2.42. The Bertz CT molecular complexity index is 733. The van der Waals surface area contributed by atoms with Gasteiger partial charge in [0.05, 0.1) is 13.2 Å². The van der Waals surface area contributed by atoms with Gasteiger partial charge < -0.3 is 9.30 Å². The van der Waals surface area contributed by atoms with Crippen LogP contribution in [0.5, 0.6) is 5.75 Å². The third kappa shape index (κ3) is 2.39. The van der Waals surface area contributed by atoms with E-state index in [4.69, 9.17) is 4.74 Å². The number of fused-ring (bicyclic) bond motifs is 1. The van der Waals surface area contributed by atoms with Gasteiger partial charge in [0.25, 0.3) is 0 Å². The van der Waals surface area contributed by atoms with Crippen molar-refractivity contribution >= 4 is 10.9 Å². The zero-order valence-electron chi connectivity index (χ0n) is 11.3. The number of halogens is 1. The molecule has 0 aliphatic carbocycles. The molecule has 0 saturated carbocycles. The van der Waals surface area contributed by atoms with Crippen LogP contribution in [-0.4, -0.2) is 11.2 Å². The third-order valence-electron chi connectivity index (χ3n) is 3.35. The van der Waals surface area contributed by atoms with Crippen LogP contribution in [0.4, 0.5) is 4.39 Å². The van der Waals surface area contributed by atoms with Crippen molar-refractivity contribution in [3.05, 3.63) is 66.1 Å². The van der Waals surface area contributed by atoms with Gasteiger partial charge in [0.2, 0.25) is 0 Å². The summed E-state index contributed by atoms with van der Waals surface area (Å²) < 4.78 is 21.0. The average molecular weight is 269 g/mol. The first kappa shape index (κ1) is 12.7. The lowest BCUT2D eigenvalue weighted by Crippen LogP contribution is -2.02. The minimum atomic E-state index is -0.204. The highest BCUT2D eigenvalue weighted by atomic mass is 19.1. The summed E-state index contributed by atoms with van der Waals surface area (Å²) >= 11 is 0. The van der Waals surface area contributed by atoms with Crippen molar-refractivity contribution in [3.8, 4) is 5.75 Å². The van der Waals surface area contributed by atoms with Crippen molar-refractivity contribution in [2.45, 2.75) is 13.5 Å². The van der Waals surface area contributed by atoms with E-state index in [9.17, 15) is 4.39 Å². The van der Waals surface area contributed by atoms with Crippen molar-refractivity contribution in [1.82, 2.24) is 4.57 Å². The molecule has 1 aromatic heterocycles. The summed E-state index contributed by atoms with van der Waals surface area (Å²) in [4.78, 5) is 0. The summed E-state index contributed by atoms with van der Waals surface area (Å²) in [7, 11) is 0. The van der Waals surface area contributed by atoms with E-state index in [0.29, 0.717) is 13.2 Å². The number of hydrogen-bond acceptors (Lipinski definition) is 1. The Morgan fingerprint density at radius 1 is 1.10 bits per heavy atom. The van der Waals surface area contributed by atoms with E-state index in [0.717, 1.165) is 22.2 Å². The molecule has 3 rings (SSSR count). The van der Waals surface area contributed by atoms with Crippen molar-refractivity contribution in [1.29, 1.82) is 0 Å². The number of rotatable bonds is 4. The third-order valence-corrected chi connectivity index (χ3v) is 3.35. The monoisotopic (exact) mass is 269 g/mol. The maximum absolute atomic E-state index is 13.2. The molecule has 2 aromatic carbocycles. The van der Waals surface area contributed by atoms with Crippen molar-refractivity contribution in [2.75, 3.05) is 6.61 Å². The second kappa shape index (κ2) is 5.37. The highest BCUT2D eigenvalue weighted by molar-refractivity contribution is 5.80. The predicted molar refractivity (Wildman–Crippen MR) is 78.6 cm³/mol. The fourth-order valence-corrected chi connectivity index (χ4v) is 2.42. The fraction of sp³-hybridized carbons (Fsp3) is 0.176. The molecule has 0 spiro atoms. The number of nitrogens with zero attached hydrogens (tertiary/aromatic N) is 1. The van der Waals surface area contributed by atoms with Crippen LogP contribution in [-0.2, 0) is 6.54 Å². The average Bonchev–Trinajstić information content (AvgIpc) is 2.83. The molecule has 0 aliphatic heterocycles. The molecule has 2 nitrogen and oxygen atoms in total. The first-order chi connectivity index (χ1) is 9.78. The number of benzene rings is 2. The molecule has 0 bridgehead atoms. The molecule has 102 valence electrons. The lowest BCUT2D eigenvalue weighted by Gasteiger charge is -2.11. The van der Waals surface area contributed by atoms with E-state index in [1.807, 2.05) is 43.5 Å². The van der Waals surface area contributed by atoms with Gasteiger partial charge in [-0.15, -0.1) is 0 Å². The quantitative estimate of drug-likeness (QED) is 0.691. The van der Waals surface area contributed by atoms with Crippen LogP contribution in [0.15, 0.2) is 54.7 Å². The van der Waals surface area contributed by atoms with E-state index in [1.165, 1.54) is 6.07 Å². The van der Waals surface area contributed by atoms with E-state index < -0.39 is 0 Å². The highest BCUT2D eigenvalue weighted by Crippen LogP contribution is 2.23. The van der Waals surface area contributed by atoms with Gasteiger partial charge in [0.15, 0.2) is 0 Å². The molecular formula is C17H16FNO. The summed E-state index contributed by atoms with van der Waals surface area (Å²) in [6.07, 6.45) is 1.98. The summed E-state index contributed by atoms with van der Waals surface area (Å²) in [5.74, 6) is 0.698. The van der Waals surface area contributed by atoms with Gasteiger partial charge in [0, 0.05) is 22.7 Å². The number of para-hydroxylation sites is 1. The maximum atomic E-state index is 13.2. The molecule has 20 heavy (non-hydrogen) atoms. The second-order valence-electron chi connectivity index (χ2n) is 4.69. The molecular weight excluding hydrogens is 253 g/mol. The van der Waals surface area contributed by atoms with Crippen molar-refractivity contribution in [2.24, 2.45) is 0 Å². The van der Waals surface area contributed by atoms with Crippen LogP contribution in [0, 0.1) is 5.82 Å². The molecule has 0 amide bonds. The van der Waals surface area contributed by atoms with Gasteiger partial charge in [0.1, 0.15) is 11.6 Å². The lowest BCUT2D eigenvalue weighted by atomic mass is 10.2. The molecule has 0 radical (unpaired) electrons. The van der Waals surface area contributed by atoms with E-state index >= 15 is 0 Å². The van der Waals surface area contributed by atoms with Gasteiger partial charge in [-0.1, -0.05) is 18.2 Å². The zero-order chi connectivity index (χ0) is 13.9. The number of ether oxygens (including phenoxy) is 1. The summed E-state index contributed by atoms with van der Waals surface area (Å²) in [6, 6.07) is 14.8. The van der Waals surface area contributed by atoms with Crippen LogP contribution < -0.4 is 4.74 Å². The molecule has 3 heteroatoms. The molecule has 1 heterocycles. The summed E-state index contributed by atoms with van der Waals surface area (Å²) in [5, 5.41) is 0.916. The van der Waals surface area contributed by atoms with Gasteiger partial charge in [-0.3, -0.25) is 0 Å². The van der Waals surface area contributed by atoms with Crippen molar-refractivity contribution in [3.63, 3.8) is 0 Å². The highest BCUT2D eigenvalue weighted by Gasteiger charge is 2.06. The van der Waals surface area contributed by atoms with Gasteiger partial charge in [-0.05, 0) is 37.3 Å². The van der Waals surface area contributed by atoms with Crippen LogP contribution >= 0.6 is 0 Å². The first-order valence-corrected chi connectivity index (χ1v) is 6.73. The summed E-state index contributed by atoms with van der Waals surface area (Å²) in [6.45, 7) is 3.34. The molecule has 0 saturated heterocycles. The van der Waals surface area contributed by atoms with Gasteiger partial charge >= 0.3 is 0 Å². The van der Waals surface area contributed by atoms with Crippen LogP contribution in [0.3, 0.4) is 0 Å². The Balaban J connectivity index is 1.97. The number of hydrogen-bond donors (Lipinski definition) is 0. The summed E-state index contributed by atoms with van der Waals surface area (Å²) in [5.41, 5.74) is 2.15. The topological polar surface area (TPSA) is 14.2 Å². The molecule has 3 aromatic rings. The van der Waals surface area contributed by atoms with Gasteiger partial charge in [-0.25, -0.2) is 4.39 Å². The van der Waals surface area contributed by atoms with Crippen molar-refractivity contribution < 1.29 is 9.13 Å².